The van der Waals surface area contributed by atoms with E-state index in [1.807, 2.05) is 18.4 Å². The monoisotopic (exact) mass is 286 g/mol. The largest absolute Gasteiger partial charge is 0.324 e. The minimum Gasteiger partial charge on any atom is -0.317 e. The van der Waals surface area contributed by atoms with Gasteiger partial charge in [0.05, 0.1) is 6.04 Å². The molecule has 1 aromatic heterocycles. The summed E-state index contributed by atoms with van der Waals surface area (Å²) in [6.45, 7) is 4.14. The first kappa shape index (κ1) is 13.4. The van der Waals surface area contributed by atoms with E-state index in [1.165, 1.54) is 10.4 Å². The van der Waals surface area contributed by atoms with E-state index in [1.54, 1.807) is 23.2 Å². The third-order valence-electron chi connectivity index (χ3n) is 3.13. The van der Waals surface area contributed by atoms with Crippen LogP contribution in [0.5, 0.6) is 0 Å². The molecule has 0 saturated carbocycles. The average molecular weight is 287 g/mol. The molecule has 1 aliphatic rings. The second-order valence-corrected chi connectivity index (χ2v) is 5.98. The van der Waals surface area contributed by atoms with Crippen molar-refractivity contribution < 1.29 is 9.59 Å². The predicted octanol–water partition coefficient (Wildman–Crippen LogP) is 2.53. The summed E-state index contributed by atoms with van der Waals surface area (Å²) < 4.78 is 0. The van der Waals surface area contributed by atoms with E-state index in [0.29, 0.717) is 6.54 Å². The van der Waals surface area contributed by atoms with Crippen LogP contribution < -0.4 is 5.32 Å². The van der Waals surface area contributed by atoms with Gasteiger partial charge in [-0.2, -0.15) is 0 Å². The number of urea groups is 1. The number of carbonyl (C=O) groups is 2. The highest BCUT2D eigenvalue weighted by atomic mass is 35.5. The number of hydrogen-bond acceptors (Lipinski definition) is 3. The molecule has 2 heterocycles. The van der Waals surface area contributed by atoms with Crippen molar-refractivity contribution in [3.63, 3.8) is 0 Å². The van der Waals surface area contributed by atoms with Crippen molar-refractivity contribution in [2.45, 2.75) is 31.7 Å². The van der Waals surface area contributed by atoms with Gasteiger partial charge in [0.2, 0.25) is 5.91 Å². The van der Waals surface area contributed by atoms with Gasteiger partial charge in [-0.3, -0.25) is 10.1 Å². The number of nitrogens with one attached hydrogen (secondary N) is 1. The molecule has 2 rings (SSSR count). The number of amides is 3. The summed E-state index contributed by atoms with van der Waals surface area (Å²) in [6.07, 6.45) is 0.843. The third-order valence-corrected chi connectivity index (χ3v) is 4.32. The average Bonchev–Trinajstić information content (AvgIpc) is 2.78. The highest BCUT2D eigenvalue weighted by Gasteiger charge is 2.29. The molecule has 0 bridgehead atoms. The molecule has 1 aromatic rings. The van der Waals surface area contributed by atoms with Crippen LogP contribution in [-0.2, 0) is 11.2 Å². The van der Waals surface area contributed by atoms with Crippen molar-refractivity contribution in [3.8, 4) is 0 Å². The Kier molecular flexibility index (Phi) is 3.92. The summed E-state index contributed by atoms with van der Waals surface area (Å²) in [6, 6.07) is 1.67. The summed E-state index contributed by atoms with van der Waals surface area (Å²) >= 11 is 7.35. The van der Waals surface area contributed by atoms with Gasteiger partial charge in [0, 0.05) is 11.4 Å². The zero-order chi connectivity index (χ0) is 13.3. The fourth-order valence-electron chi connectivity index (χ4n) is 2.06. The molecule has 0 spiro atoms. The fraction of sp³-hybridized carbons (Fsp3) is 0.500. The molecule has 1 N–H and O–H groups in total. The van der Waals surface area contributed by atoms with Gasteiger partial charge in [-0.1, -0.05) is 0 Å². The number of carbonyl (C=O) groups excluding carboxylic acids is 2. The lowest BCUT2D eigenvalue weighted by atomic mass is 10.0. The lowest BCUT2D eigenvalue weighted by Crippen LogP contribution is -2.48. The van der Waals surface area contributed by atoms with Gasteiger partial charge in [-0.25, -0.2) is 4.79 Å². The quantitative estimate of drug-likeness (QED) is 0.807. The SMILES string of the molecule is CC(Cl)C(=O)NC(=O)N1CCc2sccc2C1C. The first-order valence-corrected chi connectivity index (χ1v) is 7.14. The molecule has 2 unspecified atom stereocenters. The van der Waals surface area contributed by atoms with Gasteiger partial charge in [-0.15, -0.1) is 22.9 Å². The summed E-state index contributed by atoms with van der Waals surface area (Å²) in [5.41, 5.74) is 1.17. The second-order valence-electron chi connectivity index (χ2n) is 4.33. The summed E-state index contributed by atoms with van der Waals surface area (Å²) in [4.78, 5) is 26.4. The Bertz CT molecular complexity index is 472. The molecule has 0 aromatic carbocycles. The van der Waals surface area contributed by atoms with Crippen molar-refractivity contribution in [2.24, 2.45) is 0 Å². The maximum Gasteiger partial charge on any atom is 0.324 e. The summed E-state index contributed by atoms with van der Waals surface area (Å²) in [5, 5.41) is 3.66. The number of thiophene rings is 1. The molecular weight excluding hydrogens is 272 g/mol. The fourth-order valence-corrected chi connectivity index (χ4v) is 3.08. The zero-order valence-corrected chi connectivity index (χ0v) is 11.8. The first-order valence-electron chi connectivity index (χ1n) is 5.82. The number of hydrogen-bond donors (Lipinski definition) is 1. The molecule has 2 atom stereocenters. The Morgan fingerprint density at radius 1 is 1.61 bits per heavy atom. The number of fused-ring (bicyclic) bond motifs is 1. The minimum atomic E-state index is -0.703. The Labute approximate surface area is 115 Å². The van der Waals surface area contributed by atoms with E-state index in [2.05, 4.69) is 5.32 Å². The van der Waals surface area contributed by atoms with E-state index in [0.717, 1.165) is 6.42 Å². The van der Waals surface area contributed by atoms with Gasteiger partial charge < -0.3 is 4.90 Å². The van der Waals surface area contributed by atoms with Crippen molar-refractivity contribution >= 4 is 34.9 Å². The van der Waals surface area contributed by atoms with Crippen molar-refractivity contribution in [1.29, 1.82) is 0 Å². The Hall–Kier alpha value is -1.07. The Morgan fingerprint density at radius 3 is 3.00 bits per heavy atom. The van der Waals surface area contributed by atoms with Gasteiger partial charge in [0.15, 0.2) is 0 Å². The Balaban J connectivity index is 2.07. The molecule has 3 amide bonds. The van der Waals surface area contributed by atoms with Gasteiger partial charge in [-0.05, 0) is 37.3 Å². The van der Waals surface area contributed by atoms with Crippen LogP contribution in [-0.4, -0.2) is 28.8 Å². The molecular formula is C12H15ClN2O2S. The van der Waals surface area contributed by atoms with Crippen LogP contribution in [0.4, 0.5) is 4.79 Å². The molecule has 0 fully saturated rings. The van der Waals surface area contributed by atoms with Crippen LogP contribution in [0.3, 0.4) is 0 Å². The summed E-state index contributed by atoms with van der Waals surface area (Å²) in [5.74, 6) is -0.454. The predicted molar refractivity (Wildman–Crippen MR) is 72.0 cm³/mol. The number of imide groups is 1. The van der Waals surface area contributed by atoms with Gasteiger partial charge in [0.1, 0.15) is 5.38 Å². The van der Waals surface area contributed by atoms with E-state index >= 15 is 0 Å². The molecule has 0 aliphatic carbocycles. The number of alkyl halides is 1. The molecule has 6 heteroatoms. The molecule has 18 heavy (non-hydrogen) atoms. The van der Waals surface area contributed by atoms with Gasteiger partial charge >= 0.3 is 6.03 Å². The lowest BCUT2D eigenvalue weighted by Gasteiger charge is -2.33. The minimum absolute atomic E-state index is 0.00145. The van der Waals surface area contributed by atoms with Crippen LogP contribution in [0.1, 0.15) is 30.3 Å². The topological polar surface area (TPSA) is 49.4 Å². The normalized spacial score (nSPS) is 20.2. The van der Waals surface area contributed by atoms with Crippen LogP contribution in [0.2, 0.25) is 0 Å². The molecule has 1 aliphatic heterocycles. The molecule has 98 valence electrons. The second kappa shape index (κ2) is 5.28. The number of halogens is 1. The van der Waals surface area contributed by atoms with E-state index in [9.17, 15) is 9.59 Å². The lowest BCUT2D eigenvalue weighted by molar-refractivity contribution is -0.119. The maximum atomic E-state index is 12.0. The van der Waals surface area contributed by atoms with Crippen LogP contribution >= 0.6 is 22.9 Å². The van der Waals surface area contributed by atoms with Crippen LogP contribution in [0.25, 0.3) is 0 Å². The smallest absolute Gasteiger partial charge is 0.317 e. The Morgan fingerprint density at radius 2 is 2.33 bits per heavy atom. The van der Waals surface area contributed by atoms with Crippen LogP contribution in [0, 0.1) is 0 Å². The van der Waals surface area contributed by atoms with Crippen molar-refractivity contribution in [3.05, 3.63) is 21.9 Å². The highest BCUT2D eigenvalue weighted by Crippen LogP contribution is 2.32. The van der Waals surface area contributed by atoms with Crippen molar-refractivity contribution in [2.75, 3.05) is 6.54 Å². The first-order chi connectivity index (χ1) is 8.50. The summed E-state index contributed by atoms with van der Waals surface area (Å²) in [7, 11) is 0. The number of nitrogens with zero attached hydrogens (tertiary/aromatic N) is 1. The van der Waals surface area contributed by atoms with E-state index in [-0.39, 0.29) is 12.1 Å². The molecule has 0 radical (unpaired) electrons. The van der Waals surface area contributed by atoms with E-state index < -0.39 is 11.3 Å². The van der Waals surface area contributed by atoms with E-state index in [4.69, 9.17) is 11.6 Å². The zero-order valence-electron chi connectivity index (χ0n) is 10.3. The molecule has 4 nitrogen and oxygen atoms in total. The molecule has 0 saturated heterocycles. The van der Waals surface area contributed by atoms with Crippen molar-refractivity contribution in [1.82, 2.24) is 10.2 Å². The maximum absolute atomic E-state index is 12.0. The third kappa shape index (κ3) is 2.52. The highest BCUT2D eigenvalue weighted by molar-refractivity contribution is 7.10. The standard InChI is InChI=1S/C12H15ClN2O2S/c1-7(13)11(16)14-12(17)15-5-3-10-9(8(15)2)4-6-18-10/h4,6-8H,3,5H2,1-2H3,(H,14,16,17). The van der Waals surface area contributed by atoms with Crippen LogP contribution in [0.15, 0.2) is 11.4 Å². The number of rotatable bonds is 1. The van der Waals surface area contributed by atoms with Gasteiger partial charge in [0.25, 0.3) is 0 Å².